The van der Waals surface area contributed by atoms with Gasteiger partial charge in [0, 0.05) is 36.6 Å². The van der Waals surface area contributed by atoms with Crippen LogP contribution < -0.4 is 5.32 Å². The Bertz CT molecular complexity index is 878. The summed E-state index contributed by atoms with van der Waals surface area (Å²) in [4.78, 5) is 31.8. The van der Waals surface area contributed by atoms with Gasteiger partial charge in [0.2, 0.25) is 11.8 Å². The molecule has 5 atom stereocenters. The van der Waals surface area contributed by atoms with Crippen LogP contribution in [0.25, 0.3) is 0 Å². The molecule has 164 valence electrons. The van der Waals surface area contributed by atoms with Crippen molar-refractivity contribution < 1.29 is 19.8 Å². The van der Waals surface area contributed by atoms with E-state index >= 15 is 0 Å². The third-order valence-corrected chi connectivity index (χ3v) is 8.32. The van der Waals surface area contributed by atoms with Crippen LogP contribution in [-0.4, -0.2) is 58.2 Å². The van der Waals surface area contributed by atoms with Crippen LogP contribution in [0.1, 0.15) is 56.5 Å². The smallest absolute Gasteiger partial charge is 0.223 e. The standard InChI is InChI=1S/C22H31N3O4S/c1-6-9-25(5)18(29)10-14-19-15(30-20(24-19)23-13(2)27)11-16-21(14,3)8-7-17(28)22(16,4)12-26/h1,14,16-17,26,28H,7-12H2,2-5H3,(H,23,24,27). The highest BCUT2D eigenvalue weighted by atomic mass is 32.1. The van der Waals surface area contributed by atoms with E-state index in [9.17, 15) is 19.8 Å². The maximum atomic E-state index is 12.9. The van der Waals surface area contributed by atoms with Gasteiger partial charge in [-0.25, -0.2) is 4.98 Å². The normalized spacial score (nSPS) is 32.5. The molecule has 3 N–H and O–H groups in total. The average molecular weight is 434 g/mol. The molecule has 2 aliphatic rings. The fraction of sp³-hybridized carbons (Fsp3) is 0.682. The van der Waals surface area contributed by atoms with Gasteiger partial charge in [0.05, 0.1) is 24.9 Å². The van der Waals surface area contributed by atoms with E-state index in [2.05, 4.69) is 18.2 Å². The number of aliphatic hydroxyl groups is 2. The molecule has 0 saturated heterocycles. The van der Waals surface area contributed by atoms with Crippen molar-refractivity contribution in [2.24, 2.45) is 16.7 Å². The van der Waals surface area contributed by atoms with Crippen molar-refractivity contribution in [1.82, 2.24) is 9.88 Å². The number of hydrogen-bond donors (Lipinski definition) is 3. The molecular weight excluding hydrogens is 402 g/mol. The molecule has 2 aliphatic carbocycles. The summed E-state index contributed by atoms with van der Waals surface area (Å²) >= 11 is 1.42. The lowest BCUT2D eigenvalue weighted by atomic mass is 9.47. The minimum Gasteiger partial charge on any atom is -0.396 e. The van der Waals surface area contributed by atoms with E-state index < -0.39 is 11.5 Å². The summed E-state index contributed by atoms with van der Waals surface area (Å²) < 4.78 is 0. The first-order chi connectivity index (χ1) is 14.1. The zero-order valence-corrected chi connectivity index (χ0v) is 18.9. The van der Waals surface area contributed by atoms with Crippen LogP contribution in [0.2, 0.25) is 0 Å². The summed E-state index contributed by atoms with van der Waals surface area (Å²) in [7, 11) is 1.69. The third-order valence-electron chi connectivity index (χ3n) is 7.31. The minimum atomic E-state index is -0.672. The quantitative estimate of drug-likeness (QED) is 0.617. The molecule has 0 bridgehead atoms. The van der Waals surface area contributed by atoms with E-state index in [0.29, 0.717) is 18.0 Å². The van der Waals surface area contributed by atoms with Crippen molar-refractivity contribution >= 4 is 28.3 Å². The van der Waals surface area contributed by atoms with Gasteiger partial charge in [0.15, 0.2) is 5.13 Å². The number of nitrogens with one attached hydrogen (secondary N) is 1. The van der Waals surface area contributed by atoms with E-state index in [1.54, 1.807) is 7.05 Å². The zero-order valence-electron chi connectivity index (χ0n) is 18.1. The van der Waals surface area contributed by atoms with Gasteiger partial charge in [-0.3, -0.25) is 9.59 Å². The number of carbonyl (C=O) groups is 2. The fourth-order valence-electron chi connectivity index (χ4n) is 5.41. The highest BCUT2D eigenvalue weighted by molar-refractivity contribution is 7.15. The van der Waals surface area contributed by atoms with Crippen LogP contribution in [0.4, 0.5) is 5.13 Å². The van der Waals surface area contributed by atoms with Crippen LogP contribution >= 0.6 is 11.3 Å². The lowest BCUT2D eigenvalue weighted by molar-refractivity contribution is -0.146. The number of anilines is 1. The lowest BCUT2D eigenvalue weighted by Gasteiger charge is -2.58. The Morgan fingerprint density at radius 3 is 2.73 bits per heavy atom. The topological polar surface area (TPSA) is 103 Å². The number of hydrogen-bond acceptors (Lipinski definition) is 6. The highest BCUT2D eigenvalue weighted by Gasteiger charge is 2.59. The Morgan fingerprint density at radius 2 is 2.13 bits per heavy atom. The van der Waals surface area contributed by atoms with Crippen molar-refractivity contribution in [1.29, 1.82) is 0 Å². The van der Waals surface area contributed by atoms with Crippen LogP contribution in [-0.2, 0) is 16.0 Å². The number of carbonyl (C=O) groups excluding carboxylic acids is 2. The molecular formula is C22H31N3O4S. The predicted molar refractivity (Wildman–Crippen MR) is 116 cm³/mol. The van der Waals surface area contributed by atoms with Crippen LogP contribution in [0.5, 0.6) is 0 Å². The number of aliphatic hydroxyl groups excluding tert-OH is 2. The van der Waals surface area contributed by atoms with Gasteiger partial charge in [0.25, 0.3) is 0 Å². The molecule has 0 aromatic carbocycles. The van der Waals surface area contributed by atoms with Crippen molar-refractivity contribution in [3.63, 3.8) is 0 Å². The van der Waals surface area contributed by atoms with Gasteiger partial charge in [-0.2, -0.15) is 0 Å². The Balaban J connectivity index is 2.07. The van der Waals surface area contributed by atoms with Gasteiger partial charge in [0.1, 0.15) is 0 Å². The Kier molecular flexibility index (Phi) is 6.28. The van der Waals surface area contributed by atoms with E-state index in [1.807, 2.05) is 6.92 Å². The third kappa shape index (κ3) is 3.75. The van der Waals surface area contributed by atoms with Crippen molar-refractivity contribution in [3.8, 4) is 12.3 Å². The second-order valence-corrected chi connectivity index (χ2v) is 10.3. The van der Waals surface area contributed by atoms with Gasteiger partial charge in [-0.1, -0.05) is 19.8 Å². The molecule has 0 spiro atoms. The SMILES string of the molecule is C#CCN(C)C(=O)CC1c2nc(NC(C)=O)sc2CC2C(C)(CO)C(O)CCC12C. The monoisotopic (exact) mass is 433 g/mol. The molecule has 0 aliphatic heterocycles. The molecule has 1 heterocycles. The summed E-state index contributed by atoms with van der Waals surface area (Å²) in [5.41, 5.74) is -0.145. The Labute approximate surface area is 181 Å². The van der Waals surface area contributed by atoms with Crippen LogP contribution in [0.15, 0.2) is 0 Å². The Hall–Kier alpha value is -1.95. The van der Waals surface area contributed by atoms with Crippen molar-refractivity contribution in [2.75, 3.05) is 25.5 Å². The summed E-state index contributed by atoms with van der Waals surface area (Å²) in [5, 5.41) is 24.3. The zero-order chi connectivity index (χ0) is 22.3. The summed E-state index contributed by atoms with van der Waals surface area (Å²) in [6.45, 7) is 5.63. The minimum absolute atomic E-state index is 0.0207. The van der Waals surface area contributed by atoms with E-state index in [-0.39, 0.29) is 48.6 Å². The molecule has 1 saturated carbocycles. The largest absolute Gasteiger partial charge is 0.396 e. The first-order valence-electron chi connectivity index (χ1n) is 10.3. The number of amides is 2. The number of rotatable bonds is 5. The highest BCUT2D eigenvalue weighted by Crippen LogP contribution is 2.62. The van der Waals surface area contributed by atoms with Gasteiger partial charge in [-0.05, 0) is 30.6 Å². The first-order valence-corrected chi connectivity index (χ1v) is 11.1. The summed E-state index contributed by atoms with van der Waals surface area (Å²) in [5.74, 6) is 2.05. The molecule has 5 unspecified atom stereocenters. The summed E-state index contributed by atoms with van der Waals surface area (Å²) in [6, 6.07) is 0. The van der Waals surface area contributed by atoms with E-state index in [0.717, 1.165) is 17.0 Å². The second-order valence-electron chi connectivity index (χ2n) is 9.20. The average Bonchev–Trinajstić information content (AvgIpc) is 3.08. The van der Waals surface area contributed by atoms with Crippen molar-refractivity contribution in [2.45, 2.75) is 58.5 Å². The number of terminal acetylenes is 1. The van der Waals surface area contributed by atoms with Gasteiger partial charge >= 0.3 is 0 Å². The van der Waals surface area contributed by atoms with Gasteiger partial charge < -0.3 is 20.4 Å². The van der Waals surface area contributed by atoms with Crippen LogP contribution in [0.3, 0.4) is 0 Å². The first kappa shape index (κ1) is 22.7. The van der Waals surface area contributed by atoms with E-state index in [1.165, 1.54) is 23.2 Å². The Morgan fingerprint density at radius 1 is 1.43 bits per heavy atom. The van der Waals surface area contributed by atoms with Crippen molar-refractivity contribution in [3.05, 3.63) is 10.6 Å². The second kappa shape index (κ2) is 8.29. The molecule has 8 heteroatoms. The molecule has 7 nitrogen and oxygen atoms in total. The maximum absolute atomic E-state index is 12.9. The number of thiazole rings is 1. The number of aromatic nitrogens is 1. The number of nitrogens with zero attached hydrogens (tertiary/aromatic N) is 2. The molecule has 1 aromatic rings. The number of fused-ring (bicyclic) bond motifs is 2. The molecule has 3 rings (SSSR count). The lowest BCUT2D eigenvalue weighted by Crippen LogP contribution is -2.57. The molecule has 30 heavy (non-hydrogen) atoms. The molecule has 2 amide bonds. The van der Waals surface area contributed by atoms with Gasteiger partial charge in [-0.15, -0.1) is 17.8 Å². The maximum Gasteiger partial charge on any atom is 0.223 e. The predicted octanol–water partition coefficient (Wildman–Crippen LogP) is 2.00. The molecule has 1 aromatic heterocycles. The van der Waals surface area contributed by atoms with Crippen LogP contribution in [0, 0.1) is 29.1 Å². The summed E-state index contributed by atoms with van der Waals surface area (Å²) in [6.07, 6.45) is 6.97. The fourth-order valence-corrected chi connectivity index (χ4v) is 6.52. The molecule has 1 fully saturated rings. The van der Waals surface area contributed by atoms with E-state index in [4.69, 9.17) is 11.4 Å². The molecule has 0 radical (unpaired) electrons.